The third kappa shape index (κ3) is 2.54. The van der Waals surface area contributed by atoms with Crippen molar-refractivity contribution in [2.24, 2.45) is 5.92 Å². The zero-order chi connectivity index (χ0) is 19.0. The Hall–Kier alpha value is -2.19. The highest BCUT2D eigenvalue weighted by Gasteiger charge is 2.54. The molecule has 0 aromatic carbocycles. The fraction of sp³-hybridized carbons (Fsp3) is 0.778. The quantitative estimate of drug-likeness (QED) is 0.700. The number of amides is 1. The van der Waals surface area contributed by atoms with Gasteiger partial charge < -0.3 is 9.80 Å². The second-order valence-electron chi connectivity index (χ2n) is 8.66. The molecule has 2 saturated carbocycles. The first-order chi connectivity index (χ1) is 12.8. The largest absolute Gasteiger partial charge is 0.340 e. The van der Waals surface area contributed by atoms with Crippen molar-refractivity contribution in [3.8, 4) is 0 Å². The zero-order valence-electron chi connectivity index (χ0n) is 15.5. The lowest BCUT2D eigenvalue weighted by Crippen LogP contribution is -2.55. The van der Waals surface area contributed by atoms with Crippen molar-refractivity contribution in [3.63, 3.8) is 0 Å². The summed E-state index contributed by atoms with van der Waals surface area (Å²) in [7, 11) is 1.90. The molecule has 3 fully saturated rings. The lowest BCUT2D eigenvalue weighted by Gasteiger charge is -2.43. The molecule has 1 amide bonds. The monoisotopic (exact) mass is 377 g/mol. The normalized spacial score (nSPS) is 25.0. The van der Waals surface area contributed by atoms with Crippen LogP contribution in [0.4, 0.5) is 10.3 Å². The van der Waals surface area contributed by atoms with Gasteiger partial charge >= 0.3 is 11.1 Å². The van der Waals surface area contributed by atoms with Crippen LogP contribution in [0.3, 0.4) is 0 Å². The number of carbonyl (C=O) groups is 1. The van der Waals surface area contributed by atoms with E-state index < -0.39 is 22.7 Å². The molecule has 2 aliphatic heterocycles. The number of anilines is 1. The molecule has 0 unspecified atom stereocenters. The van der Waals surface area contributed by atoms with Crippen LogP contribution >= 0.6 is 0 Å². The number of fused-ring (bicyclic) bond motifs is 1. The van der Waals surface area contributed by atoms with E-state index in [0.29, 0.717) is 63.7 Å². The maximum Gasteiger partial charge on any atom is 0.332 e. The molecule has 8 nitrogen and oxygen atoms in total. The first-order valence-electron chi connectivity index (χ1n) is 9.77. The molecule has 3 heterocycles. The van der Waals surface area contributed by atoms with Crippen LogP contribution in [0.5, 0.6) is 0 Å². The molecule has 0 N–H and O–H groups in total. The lowest BCUT2D eigenvalue weighted by atomic mass is 9.86. The summed E-state index contributed by atoms with van der Waals surface area (Å²) in [5, 5.41) is 4.48. The average Bonchev–Trinajstić information content (AvgIpc) is 3.58. The van der Waals surface area contributed by atoms with Gasteiger partial charge in [0.1, 0.15) is 0 Å². The second-order valence-corrected chi connectivity index (χ2v) is 8.66. The molecule has 0 radical (unpaired) electrons. The van der Waals surface area contributed by atoms with E-state index in [2.05, 4.69) is 5.10 Å². The summed E-state index contributed by atoms with van der Waals surface area (Å²) < 4.78 is 16.9. The standard InChI is InChI=1S/C18H24FN5O3/c1-21-16-20-24(10-12-2-3-12)14(26)13(25)23(16)11-17(21)6-8-22(9-7-17)15(27)18(19)4-5-18/h12H,2-11H2,1H3. The van der Waals surface area contributed by atoms with Gasteiger partial charge in [-0.25, -0.2) is 9.07 Å². The summed E-state index contributed by atoms with van der Waals surface area (Å²) in [6.45, 7) is 1.82. The predicted molar refractivity (Wildman–Crippen MR) is 95.5 cm³/mol. The number of aromatic nitrogens is 3. The molecule has 146 valence electrons. The van der Waals surface area contributed by atoms with Crippen LogP contribution in [0.2, 0.25) is 0 Å². The van der Waals surface area contributed by atoms with Gasteiger partial charge in [-0.2, -0.15) is 0 Å². The Morgan fingerprint density at radius 2 is 1.81 bits per heavy atom. The van der Waals surface area contributed by atoms with Gasteiger partial charge in [-0.15, -0.1) is 5.10 Å². The van der Waals surface area contributed by atoms with Crippen molar-refractivity contribution in [1.82, 2.24) is 19.2 Å². The average molecular weight is 377 g/mol. The van der Waals surface area contributed by atoms with Crippen molar-refractivity contribution in [2.75, 3.05) is 25.0 Å². The van der Waals surface area contributed by atoms with Crippen LogP contribution in [0.15, 0.2) is 9.59 Å². The third-order valence-electron chi connectivity index (χ3n) is 6.76. The Morgan fingerprint density at radius 1 is 1.15 bits per heavy atom. The predicted octanol–water partition coefficient (Wildman–Crippen LogP) is 0.128. The van der Waals surface area contributed by atoms with E-state index in [1.54, 1.807) is 4.90 Å². The second kappa shape index (κ2) is 5.42. The molecule has 2 aliphatic carbocycles. The maximum atomic E-state index is 14.1. The Morgan fingerprint density at radius 3 is 2.41 bits per heavy atom. The number of piperidine rings is 1. The van der Waals surface area contributed by atoms with Gasteiger partial charge in [0.05, 0.1) is 12.1 Å². The van der Waals surface area contributed by atoms with E-state index in [1.807, 2.05) is 11.9 Å². The summed E-state index contributed by atoms with van der Waals surface area (Å²) >= 11 is 0. The fourth-order valence-electron chi connectivity index (χ4n) is 4.42. The van der Waals surface area contributed by atoms with Crippen LogP contribution in [0.25, 0.3) is 0 Å². The van der Waals surface area contributed by atoms with E-state index in [0.717, 1.165) is 12.8 Å². The minimum atomic E-state index is -1.64. The van der Waals surface area contributed by atoms with Crippen molar-refractivity contribution in [1.29, 1.82) is 0 Å². The minimum Gasteiger partial charge on any atom is -0.340 e. The number of likely N-dealkylation sites (N-methyl/N-ethyl adjacent to an activating group) is 1. The molecular weight excluding hydrogens is 353 g/mol. The number of halogens is 1. The molecule has 0 atom stereocenters. The van der Waals surface area contributed by atoms with Gasteiger partial charge in [-0.05, 0) is 44.4 Å². The van der Waals surface area contributed by atoms with Gasteiger partial charge in [-0.1, -0.05) is 0 Å². The van der Waals surface area contributed by atoms with Gasteiger partial charge in [-0.3, -0.25) is 19.0 Å². The van der Waals surface area contributed by atoms with E-state index in [4.69, 9.17) is 0 Å². The number of alkyl halides is 1. The molecule has 4 aliphatic rings. The minimum absolute atomic E-state index is 0.325. The first-order valence-corrected chi connectivity index (χ1v) is 9.77. The van der Waals surface area contributed by atoms with Crippen LogP contribution in [0.1, 0.15) is 38.5 Å². The molecule has 1 aromatic heterocycles. The zero-order valence-corrected chi connectivity index (χ0v) is 15.5. The third-order valence-corrected chi connectivity index (χ3v) is 6.76. The Balaban J connectivity index is 1.39. The number of hydrogen-bond donors (Lipinski definition) is 0. The summed E-state index contributed by atoms with van der Waals surface area (Å²) in [6, 6.07) is 0. The number of hydrogen-bond acceptors (Lipinski definition) is 5. The molecular formula is C18H24FN5O3. The molecule has 9 heteroatoms. The fourth-order valence-corrected chi connectivity index (χ4v) is 4.42. The van der Waals surface area contributed by atoms with Crippen LogP contribution in [-0.4, -0.2) is 56.5 Å². The Labute approximate surface area is 155 Å². The first kappa shape index (κ1) is 16.9. The SMILES string of the molecule is CN1c2nn(CC3CC3)c(=O)c(=O)n2CC12CCN(C(=O)C1(F)CC1)CC2. The van der Waals surface area contributed by atoms with E-state index in [1.165, 1.54) is 9.25 Å². The smallest absolute Gasteiger partial charge is 0.332 e. The van der Waals surface area contributed by atoms with E-state index in [9.17, 15) is 18.8 Å². The summed E-state index contributed by atoms with van der Waals surface area (Å²) in [4.78, 5) is 40.9. The summed E-state index contributed by atoms with van der Waals surface area (Å²) in [5.74, 6) is 0.571. The molecule has 1 aromatic rings. The van der Waals surface area contributed by atoms with E-state index >= 15 is 0 Å². The van der Waals surface area contributed by atoms with Crippen molar-refractivity contribution in [3.05, 3.63) is 20.7 Å². The van der Waals surface area contributed by atoms with Crippen molar-refractivity contribution < 1.29 is 9.18 Å². The van der Waals surface area contributed by atoms with Crippen LogP contribution in [-0.2, 0) is 17.9 Å². The van der Waals surface area contributed by atoms with Gasteiger partial charge in [0.25, 0.3) is 5.91 Å². The highest BCUT2D eigenvalue weighted by Crippen LogP contribution is 2.43. The number of rotatable bonds is 3. The molecule has 0 bridgehead atoms. The number of carbonyl (C=O) groups excluding carboxylic acids is 1. The van der Waals surface area contributed by atoms with Crippen LogP contribution in [0, 0.1) is 5.92 Å². The van der Waals surface area contributed by atoms with Crippen molar-refractivity contribution >= 4 is 11.9 Å². The summed E-state index contributed by atoms with van der Waals surface area (Å²) in [5.41, 5.74) is -3.08. The molecule has 5 rings (SSSR count). The Bertz CT molecular complexity index is 922. The van der Waals surface area contributed by atoms with Gasteiger partial charge in [0.15, 0.2) is 5.67 Å². The molecule has 1 saturated heterocycles. The molecule has 27 heavy (non-hydrogen) atoms. The number of nitrogens with zero attached hydrogens (tertiary/aromatic N) is 5. The van der Waals surface area contributed by atoms with Gasteiger partial charge in [0, 0.05) is 26.7 Å². The number of likely N-dealkylation sites (tertiary alicyclic amines) is 1. The highest BCUT2D eigenvalue weighted by molar-refractivity contribution is 5.88. The topological polar surface area (TPSA) is 80.4 Å². The van der Waals surface area contributed by atoms with E-state index in [-0.39, 0.29) is 5.54 Å². The lowest BCUT2D eigenvalue weighted by molar-refractivity contribution is -0.139. The highest BCUT2D eigenvalue weighted by atomic mass is 19.1. The van der Waals surface area contributed by atoms with Crippen molar-refractivity contribution in [2.45, 2.75) is 62.8 Å². The Kier molecular flexibility index (Phi) is 3.40. The van der Waals surface area contributed by atoms with Crippen LogP contribution < -0.4 is 16.0 Å². The van der Waals surface area contributed by atoms with Gasteiger partial charge in [0.2, 0.25) is 5.95 Å². The molecule has 1 spiro atoms. The maximum absolute atomic E-state index is 14.1. The summed E-state index contributed by atoms with van der Waals surface area (Å²) in [6.07, 6.45) is 4.06.